The SMILES string of the molecule is CCOC(=O)c1ccc(NC(=O)[C@H](C)Oc2ccc(N(C)S(C)(=O)=O)cc2)c(C)c1. The maximum absolute atomic E-state index is 12.5. The van der Waals surface area contributed by atoms with Crippen LogP contribution in [0, 0.1) is 6.92 Å². The number of benzene rings is 2. The molecule has 0 fully saturated rings. The molecule has 2 rings (SSSR count). The molecule has 0 aliphatic heterocycles. The zero-order valence-electron chi connectivity index (χ0n) is 17.6. The van der Waals surface area contributed by atoms with Crippen molar-refractivity contribution in [1.82, 2.24) is 0 Å². The van der Waals surface area contributed by atoms with Gasteiger partial charge in [-0.1, -0.05) is 0 Å². The van der Waals surface area contributed by atoms with Gasteiger partial charge in [-0.05, 0) is 68.8 Å². The molecule has 0 aromatic heterocycles. The van der Waals surface area contributed by atoms with E-state index in [0.717, 1.165) is 10.6 Å². The van der Waals surface area contributed by atoms with Crippen LogP contribution in [0.4, 0.5) is 11.4 Å². The molecule has 0 aliphatic rings. The Hall–Kier alpha value is -3.07. The van der Waals surface area contributed by atoms with E-state index < -0.39 is 22.1 Å². The van der Waals surface area contributed by atoms with Crippen LogP contribution in [0.5, 0.6) is 5.75 Å². The van der Waals surface area contributed by atoms with Crippen LogP contribution in [-0.4, -0.2) is 46.3 Å². The third kappa shape index (κ3) is 5.96. The highest BCUT2D eigenvalue weighted by molar-refractivity contribution is 7.92. The second-order valence-electron chi connectivity index (χ2n) is 6.72. The van der Waals surface area contributed by atoms with Crippen LogP contribution in [0.1, 0.15) is 29.8 Å². The molecule has 0 bridgehead atoms. The van der Waals surface area contributed by atoms with Crippen LogP contribution in [0.15, 0.2) is 42.5 Å². The number of anilines is 2. The summed E-state index contributed by atoms with van der Waals surface area (Å²) >= 11 is 0. The maximum atomic E-state index is 12.5. The number of carbonyl (C=O) groups is 2. The van der Waals surface area contributed by atoms with E-state index in [1.54, 1.807) is 63.2 Å². The Morgan fingerprint density at radius 3 is 2.30 bits per heavy atom. The Kier molecular flexibility index (Phi) is 7.44. The molecule has 0 radical (unpaired) electrons. The minimum absolute atomic E-state index is 0.288. The van der Waals surface area contributed by atoms with Crippen LogP contribution >= 0.6 is 0 Å². The molecule has 2 aromatic carbocycles. The predicted octanol–water partition coefficient (Wildman–Crippen LogP) is 2.97. The van der Waals surface area contributed by atoms with Crippen molar-refractivity contribution in [1.29, 1.82) is 0 Å². The van der Waals surface area contributed by atoms with Gasteiger partial charge in [-0.15, -0.1) is 0 Å². The Morgan fingerprint density at radius 2 is 1.77 bits per heavy atom. The van der Waals surface area contributed by atoms with Gasteiger partial charge in [0.25, 0.3) is 5.91 Å². The van der Waals surface area contributed by atoms with Crippen molar-refractivity contribution in [2.24, 2.45) is 0 Å². The molecule has 0 saturated heterocycles. The van der Waals surface area contributed by atoms with Crippen molar-refractivity contribution in [3.05, 3.63) is 53.6 Å². The lowest BCUT2D eigenvalue weighted by Crippen LogP contribution is -2.30. The van der Waals surface area contributed by atoms with Crippen molar-refractivity contribution in [2.75, 3.05) is 29.5 Å². The molecule has 0 aliphatic carbocycles. The number of rotatable bonds is 8. The lowest BCUT2D eigenvalue weighted by atomic mass is 10.1. The zero-order valence-corrected chi connectivity index (χ0v) is 18.4. The molecule has 2 aromatic rings. The molecule has 0 unspecified atom stereocenters. The first kappa shape index (κ1) is 23.2. The molecular weight excluding hydrogens is 408 g/mol. The third-order valence-electron chi connectivity index (χ3n) is 4.38. The molecule has 0 spiro atoms. The zero-order chi connectivity index (χ0) is 22.5. The summed E-state index contributed by atoms with van der Waals surface area (Å²) in [6.07, 6.45) is 0.318. The van der Waals surface area contributed by atoms with E-state index in [4.69, 9.17) is 9.47 Å². The Morgan fingerprint density at radius 1 is 1.13 bits per heavy atom. The summed E-state index contributed by atoms with van der Waals surface area (Å²) in [6.45, 7) is 5.41. The van der Waals surface area contributed by atoms with Gasteiger partial charge in [0.15, 0.2) is 6.10 Å². The monoisotopic (exact) mass is 434 g/mol. The number of ether oxygens (including phenoxy) is 2. The van der Waals surface area contributed by atoms with Crippen LogP contribution < -0.4 is 14.4 Å². The van der Waals surface area contributed by atoms with Crippen LogP contribution in [-0.2, 0) is 19.6 Å². The number of hydrogen-bond donors (Lipinski definition) is 1. The smallest absolute Gasteiger partial charge is 0.338 e. The first-order chi connectivity index (χ1) is 14.0. The van der Waals surface area contributed by atoms with Gasteiger partial charge in [0.05, 0.1) is 24.1 Å². The van der Waals surface area contributed by atoms with Gasteiger partial charge in [-0.25, -0.2) is 13.2 Å². The minimum Gasteiger partial charge on any atom is -0.481 e. The summed E-state index contributed by atoms with van der Waals surface area (Å²) in [6, 6.07) is 11.3. The fourth-order valence-corrected chi connectivity index (χ4v) is 3.07. The highest BCUT2D eigenvalue weighted by Crippen LogP contribution is 2.22. The van der Waals surface area contributed by atoms with Crippen molar-refractivity contribution in [3.63, 3.8) is 0 Å². The van der Waals surface area contributed by atoms with Crippen LogP contribution in [0.2, 0.25) is 0 Å². The predicted molar refractivity (Wildman–Crippen MR) is 116 cm³/mol. The molecule has 1 N–H and O–H groups in total. The quantitative estimate of drug-likeness (QED) is 0.641. The van der Waals surface area contributed by atoms with Gasteiger partial charge in [0, 0.05) is 12.7 Å². The number of aryl methyl sites for hydroxylation is 1. The van der Waals surface area contributed by atoms with Crippen LogP contribution in [0.25, 0.3) is 0 Å². The number of carbonyl (C=O) groups excluding carboxylic acids is 2. The molecule has 0 heterocycles. The molecule has 1 amide bonds. The Labute approximate surface area is 176 Å². The number of nitrogens with one attached hydrogen (secondary N) is 1. The van der Waals surface area contributed by atoms with Gasteiger partial charge < -0.3 is 14.8 Å². The van der Waals surface area contributed by atoms with Crippen molar-refractivity contribution < 1.29 is 27.5 Å². The van der Waals surface area contributed by atoms with Crippen molar-refractivity contribution in [3.8, 4) is 5.75 Å². The summed E-state index contributed by atoms with van der Waals surface area (Å²) in [5, 5.41) is 2.77. The average molecular weight is 435 g/mol. The molecular formula is C21H26N2O6S. The summed E-state index contributed by atoms with van der Waals surface area (Å²) in [5.41, 5.74) is 2.18. The Balaban J connectivity index is 2.02. The average Bonchev–Trinajstić information content (AvgIpc) is 2.68. The summed E-state index contributed by atoms with van der Waals surface area (Å²) in [4.78, 5) is 24.3. The van der Waals surface area contributed by atoms with E-state index in [9.17, 15) is 18.0 Å². The maximum Gasteiger partial charge on any atom is 0.338 e. The molecule has 162 valence electrons. The van der Waals surface area contributed by atoms with E-state index in [1.807, 2.05) is 0 Å². The second-order valence-corrected chi connectivity index (χ2v) is 8.74. The lowest BCUT2D eigenvalue weighted by Gasteiger charge is -2.18. The highest BCUT2D eigenvalue weighted by atomic mass is 32.2. The fraction of sp³-hybridized carbons (Fsp3) is 0.333. The van der Waals surface area contributed by atoms with E-state index in [1.165, 1.54) is 7.05 Å². The van der Waals surface area contributed by atoms with E-state index in [2.05, 4.69) is 5.32 Å². The molecule has 30 heavy (non-hydrogen) atoms. The van der Waals surface area contributed by atoms with E-state index in [0.29, 0.717) is 28.3 Å². The molecule has 8 nitrogen and oxygen atoms in total. The summed E-state index contributed by atoms with van der Waals surface area (Å²) < 4.78 is 34.9. The third-order valence-corrected chi connectivity index (χ3v) is 5.58. The normalized spacial score (nSPS) is 12.0. The molecule has 1 atom stereocenters. The Bertz CT molecular complexity index is 1020. The largest absolute Gasteiger partial charge is 0.481 e. The standard InChI is InChI=1S/C21H26N2O6S/c1-6-28-21(25)16-7-12-19(14(2)13-16)22-20(24)15(3)29-18-10-8-17(9-11-18)23(4)30(5,26)27/h7-13,15H,6H2,1-5H3,(H,22,24)/t15-/m0/s1. The first-order valence-corrected chi connectivity index (χ1v) is 11.2. The van der Waals surface area contributed by atoms with E-state index in [-0.39, 0.29) is 12.5 Å². The minimum atomic E-state index is -3.36. The number of esters is 1. The topological polar surface area (TPSA) is 102 Å². The van der Waals surface area contributed by atoms with Crippen LogP contribution in [0.3, 0.4) is 0 Å². The lowest BCUT2D eigenvalue weighted by molar-refractivity contribution is -0.122. The van der Waals surface area contributed by atoms with Gasteiger partial charge in [-0.3, -0.25) is 9.10 Å². The summed E-state index contributed by atoms with van der Waals surface area (Å²) in [5.74, 6) is -0.350. The number of sulfonamides is 1. The van der Waals surface area contributed by atoms with E-state index >= 15 is 0 Å². The fourth-order valence-electron chi connectivity index (χ4n) is 2.56. The summed E-state index contributed by atoms with van der Waals surface area (Å²) in [7, 11) is -1.90. The number of hydrogen-bond acceptors (Lipinski definition) is 6. The van der Waals surface area contributed by atoms with Gasteiger partial charge >= 0.3 is 5.97 Å². The number of amides is 1. The highest BCUT2D eigenvalue weighted by Gasteiger charge is 2.17. The molecule has 9 heteroatoms. The first-order valence-electron chi connectivity index (χ1n) is 9.32. The second kappa shape index (κ2) is 9.62. The van der Waals surface area contributed by atoms with Gasteiger partial charge in [0.1, 0.15) is 5.75 Å². The van der Waals surface area contributed by atoms with Crippen molar-refractivity contribution in [2.45, 2.75) is 26.9 Å². The number of nitrogens with zero attached hydrogens (tertiary/aromatic N) is 1. The van der Waals surface area contributed by atoms with Gasteiger partial charge in [0.2, 0.25) is 10.0 Å². The van der Waals surface area contributed by atoms with Gasteiger partial charge in [-0.2, -0.15) is 0 Å². The molecule has 0 saturated carbocycles. The van der Waals surface area contributed by atoms with Crippen molar-refractivity contribution >= 4 is 33.3 Å².